The SMILES string of the molecule is COCC1(C(=O)N2CCC[C@@H](COc3ccccc3C)C2)CCC1. The Bertz CT molecular complexity index is 568. The van der Waals surface area contributed by atoms with Crippen LogP contribution in [0.5, 0.6) is 5.75 Å². The van der Waals surface area contributed by atoms with E-state index in [4.69, 9.17) is 9.47 Å². The molecule has 4 nitrogen and oxygen atoms in total. The zero-order valence-electron chi connectivity index (χ0n) is 14.9. The first-order chi connectivity index (χ1) is 11.6. The van der Waals surface area contributed by atoms with Gasteiger partial charge in [0.1, 0.15) is 5.75 Å². The summed E-state index contributed by atoms with van der Waals surface area (Å²) < 4.78 is 11.3. The lowest BCUT2D eigenvalue weighted by Gasteiger charge is -2.45. The predicted molar refractivity (Wildman–Crippen MR) is 94.1 cm³/mol. The van der Waals surface area contributed by atoms with Crippen LogP contribution in [0.4, 0.5) is 0 Å². The van der Waals surface area contributed by atoms with Gasteiger partial charge in [0.15, 0.2) is 0 Å². The number of aryl methyl sites for hydroxylation is 1. The maximum Gasteiger partial charge on any atom is 0.231 e. The molecule has 1 aromatic rings. The van der Waals surface area contributed by atoms with Gasteiger partial charge in [-0.05, 0) is 44.2 Å². The van der Waals surface area contributed by atoms with Gasteiger partial charge in [0.25, 0.3) is 0 Å². The van der Waals surface area contributed by atoms with Crippen LogP contribution in [-0.4, -0.2) is 44.2 Å². The molecule has 2 aliphatic rings. The molecule has 1 aliphatic carbocycles. The Labute approximate surface area is 145 Å². The minimum absolute atomic E-state index is 0.243. The van der Waals surface area contributed by atoms with Gasteiger partial charge in [0.05, 0.1) is 18.6 Å². The molecule has 24 heavy (non-hydrogen) atoms. The molecule has 0 bridgehead atoms. The van der Waals surface area contributed by atoms with Crippen molar-refractivity contribution in [1.29, 1.82) is 0 Å². The Morgan fingerprint density at radius 3 is 2.75 bits per heavy atom. The van der Waals surface area contributed by atoms with Crippen LogP contribution in [0.2, 0.25) is 0 Å². The van der Waals surface area contributed by atoms with Gasteiger partial charge >= 0.3 is 0 Å². The molecule has 1 saturated carbocycles. The number of nitrogens with zero attached hydrogens (tertiary/aromatic N) is 1. The van der Waals surface area contributed by atoms with Crippen molar-refractivity contribution in [3.63, 3.8) is 0 Å². The molecule has 0 aromatic heterocycles. The third kappa shape index (κ3) is 3.59. The quantitative estimate of drug-likeness (QED) is 0.801. The second kappa shape index (κ2) is 7.56. The van der Waals surface area contributed by atoms with Gasteiger partial charge in [-0.1, -0.05) is 24.6 Å². The molecule has 0 N–H and O–H groups in total. The van der Waals surface area contributed by atoms with E-state index in [2.05, 4.69) is 17.9 Å². The van der Waals surface area contributed by atoms with Crippen LogP contribution in [0.25, 0.3) is 0 Å². The number of rotatable bonds is 6. The number of hydrogen-bond acceptors (Lipinski definition) is 3. The van der Waals surface area contributed by atoms with Crippen LogP contribution in [0.15, 0.2) is 24.3 Å². The van der Waals surface area contributed by atoms with E-state index in [0.29, 0.717) is 25.0 Å². The molecular weight excluding hydrogens is 302 g/mol. The van der Waals surface area contributed by atoms with Gasteiger partial charge in [0, 0.05) is 26.1 Å². The highest BCUT2D eigenvalue weighted by Crippen LogP contribution is 2.43. The molecule has 1 saturated heterocycles. The van der Waals surface area contributed by atoms with Crippen molar-refractivity contribution >= 4 is 5.91 Å². The predicted octanol–water partition coefficient (Wildman–Crippen LogP) is 3.43. The Balaban J connectivity index is 1.56. The lowest BCUT2D eigenvalue weighted by Crippen LogP contribution is -2.53. The summed E-state index contributed by atoms with van der Waals surface area (Å²) in [6.45, 7) is 5.01. The first-order valence-electron chi connectivity index (χ1n) is 9.11. The molecule has 0 unspecified atom stereocenters. The van der Waals surface area contributed by atoms with E-state index in [1.807, 2.05) is 18.2 Å². The number of carbonyl (C=O) groups excluding carboxylic acids is 1. The lowest BCUT2D eigenvalue weighted by atomic mass is 9.68. The Hall–Kier alpha value is -1.55. The van der Waals surface area contributed by atoms with Crippen molar-refractivity contribution < 1.29 is 14.3 Å². The second-order valence-electron chi connectivity index (χ2n) is 7.40. The molecule has 1 heterocycles. The van der Waals surface area contributed by atoms with Crippen molar-refractivity contribution in [2.75, 3.05) is 33.4 Å². The van der Waals surface area contributed by atoms with E-state index in [9.17, 15) is 4.79 Å². The Morgan fingerprint density at radius 2 is 2.08 bits per heavy atom. The number of amides is 1. The zero-order valence-corrected chi connectivity index (χ0v) is 14.9. The molecule has 0 spiro atoms. The Kier molecular flexibility index (Phi) is 5.44. The van der Waals surface area contributed by atoms with E-state index < -0.39 is 0 Å². The molecular formula is C20H29NO3. The molecule has 1 aromatic carbocycles. The fraction of sp³-hybridized carbons (Fsp3) is 0.650. The first-order valence-corrected chi connectivity index (χ1v) is 9.11. The fourth-order valence-corrected chi connectivity index (χ4v) is 3.95. The number of methoxy groups -OCH3 is 1. The average molecular weight is 331 g/mol. The summed E-state index contributed by atoms with van der Waals surface area (Å²) in [7, 11) is 1.70. The summed E-state index contributed by atoms with van der Waals surface area (Å²) in [4.78, 5) is 15.0. The highest BCUT2D eigenvalue weighted by Gasteiger charge is 2.47. The van der Waals surface area contributed by atoms with E-state index in [-0.39, 0.29) is 5.41 Å². The van der Waals surface area contributed by atoms with Crippen LogP contribution >= 0.6 is 0 Å². The van der Waals surface area contributed by atoms with E-state index in [0.717, 1.165) is 56.5 Å². The summed E-state index contributed by atoms with van der Waals surface area (Å²) in [5, 5.41) is 0. The standard InChI is InChI=1S/C20H29NO3/c1-16-7-3-4-9-18(16)24-14-17-8-5-12-21(13-17)19(22)20(15-23-2)10-6-11-20/h3-4,7,9,17H,5-6,8,10-15H2,1-2H3/t17-/m1/s1. The van der Waals surface area contributed by atoms with Crippen LogP contribution in [0.3, 0.4) is 0 Å². The maximum absolute atomic E-state index is 13.0. The van der Waals surface area contributed by atoms with E-state index >= 15 is 0 Å². The number of carbonyl (C=O) groups is 1. The van der Waals surface area contributed by atoms with E-state index in [1.54, 1.807) is 7.11 Å². The van der Waals surface area contributed by atoms with Gasteiger partial charge in [-0.3, -0.25) is 4.79 Å². The monoisotopic (exact) mass is 331 g/mol. The maximum atomic E-state index is 13.0. The highest BCUT2D eigenvalue weighted by atomic mass is 16.5. The number of para-hydroxylation sites is 1. The summed E-state index contributed by atoms with van der Waals surface area (Å²) in [6.07, 6.45) is 5.29. The summed E-state index contributed by atoms with van der Waals surface area (Å²) in [5.74, 6) is 1.67. The third-order valence-corrected chi connectivity index (χ3v) is 5.56. The topological polar surface area (TPSA) is 38.8 Å². The number of ether oxygens (including phenoxy) is 2. The number of hydrogen-bond donors (Lipinski definition) is 0. The summed E-state index contributed by atoms with van der Waals surface area (Å²) in [6, 6.07) is 8.11. The molecule has 1 aliphatic heterocycles. The number of benzene rings is 1. The van der Waals surface area contributed by atoms with Crippen molar-refractivity contribution in [1.82, 2.24) is 4.90 Å². The largest absolute Gasteiger partial charge is 0.493 e. The Morgan fingerprint density at radius 1 is 1.29 bits per heavy atom. The average Bonchev–Trinajstić information content (AvgIpc) is 2.57. The van der Waals surface area contributed by atoms with Gasteiger partial charge in [-0.2, -0.15) is 0 Å². The number of likely N-dealkylation sites (tertiary alicyclic amines) is 1. The second-order valence-corrected chi connectivity index (χ2v) is 7.40. The fourth-order valence-electron chi connectivity index (χ4n) is 3.95. The van der Waals surface area contributed by atoms with Gasteiger partial charge in [-0.25, -0.2) is 0 Å². The lowest BCUT2D eigenvalue weighted by molar-refractivity contribution is -0.154. The van der Waals surface area contributed by atoms with Crippen LogP contribution in [0, 0.1) is 18.3 Å². The molecule has 0 radical (unpaired) electrons. The van der Waals surface area contributed by atoms with Crippen molar-refractivity contribution in [2.24, 2.45) is 11.3 Å². The summed E-state index contributed by atoms with van der Waals surface area (Å²) >= 11 is 0. The summed E-state index contributed by atoms with van der Waals surface area (Å²) in [5.41, 5.74) is 0.919. The third-order valence-electron chi connectivity index (χ3n) is 5.56. The molecule has 2 fully saturated rings. The van der Waals surface area contributed by atoms with Gasteiger partial charge in [0.2, 0.25) is 5.91 Å². The van der Waals surface area contributed by atoms with Crippen molar-refractivity contribution in [3.05, 3.63) is 29.8 Å². The van der Waals surface area contributed by atoms with E-state index in [1.165, 1.54) is 0 Å². The van der Waals surface area contributed by atoms with Crippen LogP contribution in [-0.2, 0) is 9.53 Å². The smallest absolute Gasteiger partial charge is 0.231 e. The minimum atomic E-state index is -0.243. The van der Waals surface area contributed by atoms with Gasteiger partial charge in [-0.15, -0.1) is 0 Å². The molecule has 3 rings (SSSR count). The molecule has 1 atom stereocenters. The zero-order chi connectivity index (χ0) is 17.0. The molecule has 132 valence electrons. The van der Waals surface area contributed by atoms with Crippen LogP contribution in [0.1, 0.15) is 37.7 Å². The first kappa shape index (κ1) is 17.3. The van der Waals surface area contributed by atoms with Crippen LogP contribution < -0.4 is 4.74 Å². The van der Waals surface area contributed by atoms with Gasteiger partial charge < -0.3 is 14.4 Å². The highest BCUT2D eigenvalue weighted by molar-refractivity contribution is 5.84. The number of piperidine rings is 1. The molecule has 1 amide bonds. The minimum Gasteiger partial charge on any atom is -0.493 e. The van der Waals surface area contributed by atoms with Crippen molar-refractivity contribution in [3.8, 4) is 5.75 Å². The van der Waals surface area contributed by atoms with Crippen molar-refractivity contribution in [2.45, 2.75) is 39.0 Å². The normalized spacial score (nSPS) is 22.8. The molecule has 4 heteroatoms.